The minimum atomic E-state index is -5.58. The van der Waals surface area contributed by atoms with E-state index in [1.165, 1.54) is 0 Å². The van der Waals surface area contributed by atoms with Crippen LogP contribution in [0.15, 0.2) is 12.8 Å². The van der Waals surface area contributed by atoms with Gasteiger partial charge in [0.05, 0.1) is 6.26 Å². The van der Waals surface area contributed by atoms with E-state index in [2.05, 4.69) is 20.8 Å². The normalized spacial score (nSPS) is 29.9. The van der Waals surface area contributed by atoms with E-state index in [-0.39, 0.29) is 0 Å². The van der Waals surface area contributed by atoms with E-state index in [9.17, 15) is 26.7 Å². The molecule has 2 atom stereocenters. The maximum absolute atomic E-state index is 13.6. The van der Waals surface area contributed by atoms with Crippen LogP contribution in [0.3, 0.4) is 0 Å². The first-order valence-electron chi connectivity index (χ1n) is 5.10. The summed E-state index contributed by atoms with van der Waals surface area (Å²) in [4.78, 5) is 10.7. The number of rotatable bonds is 4. The molecule has 0 N–H and O–H groups in total. The van der Waals surface area contributed by atoms with Gasteiger partial charge >= 0.3 is 23.9 Å². The molecular formula is C10H11F5O4. The summed E-state index contributed by atoms with van der Waals surface area (Å²) in [6, 6.07) is 0. The molecule has 0 spiro atoms. The lowest BCUT2D eigenvalue weighted by Crippen LogP contribution is -2.59. The van der Waals surface area contributed by atoms with Crippen LogP contribution in [0.5, 0.6) is 0 Å². The Morgan fingerprint density at radius 3 is 2.53 bits per heavy atom. The van der Waals surface area contributed by atoms with Gasteiger partial charge in [-0.15, -0.1) is 0 Å². The van der Waals surface area contributed by atoms with Crippen LogP contribution in [0.1, 0.15) is 13.3 Å². The Bertz CT molecular complexity index is 367. The summed E-state index contributed by atoms with van der Waals surface area (Å²) in [7, 11) is 0. The van der Waals surface area contributed by atoms with Crippen molar-refractivity contribution in [1.82, 2.24) is 0 Å². The summed E-state index contributed by atoms with van der Waals surface area (Å²) in [6.07, 6.45) is -7.56. The molecule has 0 bridgehead atoms. The maximum atomic E-state index is 13.6. The van der Waals surface area contributed by atoms with Gasteiger partial charge < -0.3 is 14.2 Å². The van der Waals surface area contributed by atoms with Crippen molar-refractivity contribution in [2.75, 3.05) is 6.61 Å². The standard InChI is InChI=1S/C10H11F5O4/c1-3-17-5-7-4-8(11,12)9(19-7,10(13,14)15)18-6(2)16/h3,7H,1,4-5H2,2H3. The van der Waals surface area contributed by atoms with Gasteiger partial charge in [0.15, 0.2) is 0 Å². The summed E-state index contributed by atoms with van der Waals surface area (Å²) in [5, 5.41) is 0. The highest BCUT2D eigenvalue weighted by atomic mass is 19.4. The minimum absolute atomic E-state index is 0.557. The van der Waals surface area contributed by atoms with Crippen molar-refractivity contribution in [1.29, 1.82) is 0 Å². The van der Waals surface area contributed by atoms with E-state index in [1.54, 1.807) is 0 Å². The van der Waals surface area contributed by atoms with E-state index < -0.39 is 43.0 Å². The third-order valence-corrected chi connectivity index (χ3v) is 2.36. The molecule has 0 radical (unpaired) electrons. The third kappa shape index (κ3) is 2.80. The van der Waals surface area contributed by atoms with Gasteiger partial charge in [0.25, 0.3) is 0 Å². The molecule has 1 aliphatic heterocycles. The van der Waals surface area contributed by atoms with Crippen LogP contribution < -0.4 is 0 Å². The summed E-state index contributed by atoms with van der Waals surface area (Å²) in [6.45, 7) is 3.15. The summed E-state index contributed by atoms with van der Waals surface area (Å²) in [5.74, 6) is -10.2. The molecule has 9 heteroatoms. The Kier molecular flexibility index (Phi) is 4.08. The number of hydrogen-bond acceptors (Lipinski definition) is 4. The highest BCUT2D eigenvalue weighted by Crippen LogP contribution is 2.53. The SMILES string of the molecule is C=COCC1CC(F)(F)C(OC(C)=O)(C(F)(F)F)O1. The summed E-state index contributed by atoms with van der Waals surface area (Å²) in [5.41, 5.74) is 0. The molecule has 1 heterocycles. The van der Waals surface area contributed by atoms with Gasteiger partial charge in [0.1, 0.15) is 12.7 Å². The fourth-order valence-corrected chi connectivity index (χ4v) is 1.68. The molecular weight excluding hydrogens is 279 g/mol. The number of hydrogen-bond donors (Lipinski definition) is 0. The Balaban J connectivity index is 3.08. The molecule has 0 aromatic carbocycles. The second-order valence-electron chi connectivity index (χ2n) is 3.86. The largest absolute Gasteiger partial charge is 0.499 e. The van der Waals surface area contributed by atoms with Gasteiger partial charge in [-0.1, -0.05) is 6.58 Å². The van der Waals surface area contributed by atoms with Crippen LogP contribution in [0.25, 0.3) is 0 Å². The average molecular weight is 290 g/mol. The van der Waals surface area contributed by atoms with Crippen molar-refractivity contribution in [2.24, 2.45) is 0 Å². The smallest absolute Gasteiger partial charge is 0.462 e. The minimum Gasteiger partial charge on any atom is -0.499 e. The van der Waals surface area contributed by atoms with E-state index in [4.69, 9.17) is 0 Å². The van der Waals surface area contributed by atoms with Crippen LogP contribution in [-0.4, -0.2) is 36.6 Å². The highest BCUT2D eigenvalue weighted by Gasteiger charge is 2.79. The zero-order chi connectivity index (χ0) is 14.9. The number of esters is 1. The lowest BCUT2D eigenvalue weighted by Gasteiger charge is -2.34. The molecule has 4 nitrogen and oxygen atoms in total. The first-order chi connectivity index (χ1) is 8.56. The Morgan fingerprint density at radius 2 is 2.11 bits per heavy atom. The van der Waals surface area contributed by atoms with Gasteiger partial charge in [0.2, 0.25) is 0 Å². The third-order valence-electron chi connectivity index (χ3n) is 2.36. The second kappa shape index (κ2) is 4.95. The van der Waals surface area contributed by atoms with Gasteiger partial charge in [-0.25, -0.2) is 0 Å². The van der Waals surface area contributed by atoms with Crippen LogP contribution in [-0.2, 0) is 19.0 Å². The van der Waals surface area contributed by atoms with Crippen molar-refractivity contribution < 1.29 is 41.0 Å². The van der Waals surface area contributed by atoms with Gasteiger partial charge in [-0.2, -0.15) is 22.0 Å². The lowest BCUT2D eigenvalue weighted by atomic mass is 10.1. The molecule has 1 rings (SSSR count). The second-order valence-corrected chi connectivity index (χ2v) is 3.86. The zero-order valence-electron chi connectivity index (χ0n) is 9.80. The maximum Gasteiger partial charge on any atom is 0.462 e. The molecule has 0 amide bonds. The zero-order valence-corrected chi connectivity index (χ0v) is 9.80. The molecule has 1 aliphatic rings. The topological polar surface area (TPSA) is 44.8 Å². The molecule has 0 aromatic rings. The number of alkyl halides is 5. The van der Waals surface area contributed by atoms with Crippen LogP contribution in [0.2, 0.25) is 0 Å². The van der Waals surface area contributed by atoms with Gasteiger partial charge in [0, 0.05) is 13.3 Å². The first-order valence-corrected chi connectivity index (χ1v) is 5.10. The van der Waals surface area contributed by atoms with E-state index in [0.29, 0.717) is 6.92 Å². The van der Waals surface area contributed by atoms with Gasteiger partial charge in [-0.05, 0) is 0 Å². The number of carbonyl (C=O) groups excluding carboxylic acids is 1. The van der Waals surface area contributed by atoms with Crippen LogP contribution >= 0.6 is 0 Å². The first kappa shape index (κ1) is 15.7. The van der Waals surface area contributed by atoms with E-state index >= 15 is 0 Å². The van der Waals surface area contributed by atoms with Gasteiger partial charge in [-0.3, -0.25) is 4.79 Å². The predicted molar refractivity (Wildman–Crippen MR) is 51.1 cm³/mol. The lowest BCUT2D eigenvalue weighted by molar-refractivity contribution is -0.407. The average Bonchev–Trinajstić information content (AvgIpc) is 2.46. The molecule has 19 heavy (non-hydrogen) atoms. The van der Waals surface area contributed by atoms with Crippen molar-refractivity contribution in [2.45, 2.75) is 37.3 Å². The highest BCUT2D eigenvalue weighted by molar-refractivity contribution is 5.66. The number of carbonyl (C=O) groups is 1. The van der Waals surface area contributed by atoms with Crippen LogP contribution in [0, 0.1) is 0 Å². The Labute approximate surface area is 105 Å². The molecule has 2 unspecified atom stereocenters. The molecule has 1 fully saturated rings. The fourth-order valence-electron chi connectivity index (χ4n) is 1.68. The Morgan fingerprint density at radius 1 is 1.53 bits per heavy atom. The fraction of sp³-hybridized carbons (Fsp3) is 0.700. The Hall–Kier alpha value is -1.38. The molecule has 0 saturated carbocycles. The van der Waals surface area contributed by atoms with E-state index in [1.807, 2.05) is 0 Å². The van der Waals surface area contributed by atoms with Crippen molar-refractivity contribution in [3.05, 3.63) is 12.8 Å². The van der Waals surface area contributed by atoms with Crippen molar-refractivity contribution in [3.63, 3.8) is 0 Å². The quantitative estimate of drug-likeness (QED) is 0.453. The van der Waals surface area contributed by atoms with E-state index in [0.717, 1.165) is 6.26 Å². The monoisotopic (exact) mass is 290 g/mol. The molecule has 1 saturated heterocycles. The summed E-state index contributed by atoms with van der Waals surface area (Å²) < 4.78 is 78.2. The summed E-state index contributed by atoms with van der Waals surface area (Å²) >= 11 is 0. The molecule has 0 aromatic heterocycles. The van der Waals surface area contributed by atoms with Crippen molar-refractivity contribution >= 4 is 5.97 Å². The number of halogens is 5. The number of ether oxygens (including phenoxy) is 3. The predicted octanol–water partition coefficient (Wildman–Crippen LogP) is 2.39. The molecule has 110 valence electrons. The molecule has 0 aliphatic carbocycles. The van der Waals surface area contributed by atoms with Crippen LogP contribution in [0.4, 0.5) is 22.0 Å². The van der Waals surface area contributed by atoms with Crippen molar-refractivity contribution in [3.8, 4) is 0 Å².